The van der Waals surface area contributed by atoms with Gasteiger partial charge in [0.1, 0.15) is 11.6 Å². The van der Waals surface area contributed by atoms with Gasteiger partial charge in [-0.2, -0.15) is 0 Å². The van der Waals surface area contributed by atoms with Gasteiger partial charge in [-0.05, 0) is 51.5 Å². The van der Waals surface area contributed by atoms with Crippen LogP contribution >= 0.6 is 0 Å². The van der Waals surface area contributed by atoms with Gasteiger partial charge in [-0.3, -0.25) is 19.5 Å². The first kappa shape index (κ1) is 25.4. The molecule has 0 aliphatic carbocycles. The lowest BCUT2D eigenvalue weighted by atomic mass is 9.90. The molecule has 1 aromatic carbocycles. The van der Waals surface area contributed by atoms with Crippen molar-refractivity contribution in [1.29, 1.82) is 0 Å². The Hall–Kier alpha value is -3.66. The van der Waals surface area contributed by atoms with Crippen molar-refractivity contribution in [3.63, 3.8) is 0 Å². The molecule has 190 valence electrons. The smallest absolute Gasteiger partial charge is 0.273 e. The van der Waals surface area contributed by atoms with Crippen LogP contribution in [0.2, 0.25) is 0 Å². The molecule has 1 saturated heterocycles. The van der Waals surface area contributed by atoms with Crippen molar-refractivity contribution in [3.8, 4) is 11.3 Å². The molecule has 10 heteroatoms. The van der Waals surface area contributed by atoms with Gasteiger partial charge < -0.3 is 15.2 Å². The summed E-state index contributed by atoms with van der Waals surface area (Å²) in [5.74, 6) is -2.76. The number of amides is 2. The van der Waals surface area contributed by atoms with Crippen LogP contribution in [-0.2, 0) is 4.79 Å². The van der Waals surface area contributed by atoms with E-state index in [0.717, 1.165) is 17.8 Å². The molecule has 2 N–H and O–H groups in total. The Kier molecular flexibility index (Phi) is 7.73. The van der Waals surface area contributed by atoms with Crippen LogP contribution in [0.1, 0.15) is 49.4 Å². The molecular weight excluding hydrogens is 468 g/mol. The number of likely N-dealkylation sites (tertiary alicyclic amines) is 1. The van der Waals surface area contributed by atoms with Gasteiger partial charge in [0, 0.05) is 43.5 Å². The highest BCUT2D eigenvalue weighted by Gasteiger charge is 2.37. The van der Waals surface area contributed by atoms with E-state index in [1.54, 1.807) is 6.20 Å². The fourth-order valence-corrected chi connectivity index (χ4v) is 4.35. The highest BCUT2D eigenvalue weighted by atomic mass is 19.1. The summed E-state index contributed by atoms with van der Waals surface area (Å²) in [7, 11) is 0. The molecule has 1 aliphatic rings. The number of carbonyl (C=O) groups is 2. The maximum Gasteiger partial charge on any atom is 0.273 e. The molecule has 0 radical (unpaired) electrons. The zero-order valence-electron chi connectivity index (χ0n) is 20.4. The monoisotopic (exact) mass is 497 g/mol. The molecule has 1 aliphatic heterocycles. The van der Waals surface area contributed by atoms with Crippen LogP contribution in [0.15, 0.2) is 53.2 Å². The van der Waals surface area contributed by atoms with Crippen LogP contribution in [0.5, 0.6) is 0 Å². The van der Waals surface area contributed by atoms with Gasteiger partial charge >= 0.3 is 0 Å². The topological polar surface area (TPSA) is 100 Å². The van der Waals surface area contributed by atoms with Crippen LogP contribution in [0.3, 0.4) is 0 Å². The van der Waals surface area contributed by atoms with E-state index in [9.17, 15) is 18.4 Å². The highest BCUT2D eigenvalue weighted by molar-refractivity contribution is 5.94. The third kappa shape index (κ3) is 5.76. The van der Waals surface area contributed by atoms with E-state index in [1.165, 1.54) is 12.1 Å². The molecule has 0 bridgehead atoms. The third-order valence-electron chi connectivity index (χ3n) is 6.46. The Morgan fingerprint density at radius 2 is 1.94 bits per heavy atom. The fourth-order valence-electron chi connectivity index (χ4n) is 4.35. The summed E-state index contributed by atoms with van der Waals surface area (Å²) in [4.78, 5) is 32.8. The zero-order valence-corrected chi connectivity index (χ0v) is 20.4. The number of pyridine rings is 1. The van der Waals surface area contributed by atoms with E-state index in [1.807, 2.05) is 25.1 Å². The molecule has 0 unspecified atom stereocenters. The van der Waals surface area contributed by atoms with Gasteiger partial charge in [0.05, 0.1) is 23.2 Å². The average Bonchev–Trinajstić information content (AvgIpc) is 3.34. The number of hydrogen-bond donors (Lipinski definition) is 2. The SMILES string of the molecule is CC(C)N1CC[C@H](NC(=O)c2cc(-c3ccc(F)cc3F)on2)[C@@H](C(=O)N[C@H](C)c2ccccn2)C1. The minimum absolute atomic E-state index is 0.00533. The standard InChI is InChI=1S/C26H29F2N5O3/c1-15(2)33-11-9-22(19(14-33)25(34)30-16(3)21-6-4-5-10-29-21)31-26(35)23-13-24(36-32-23)18-8-7-17(27)12-20(18)28/h4-8,10,12-13,15-16,19,22H,9,11,14H2,1-3H3,(H,30,34)(H,31,35)/t16-,19+,22+/m1/s1. The minimum atomic E-state index is -0.821. The van der Waals surface area contributed by atoms with E-state index >= 15 is 0 Å². The second-order valence-corrected chi connectivity index (χ2v) is 9.25. The number of rotatable bonds is 7. The molecule has 2 amide bonds. The van der Waals surface area contributed by atoms with Crippen molar-refractivity contribution in [2.24, 2.45) is 5.92 Å². The first-order valence-electron chi connectivity index (χ1n) is 11.9. The summed E-state index contributed by atoms with van der Waals surface area (Å²) in [5, 5.41) is 9.68. The molecule has 0 saturated carbocycles. The Morgan fingerprint density at radius 3 is 2.64 bits per heavy atom. The maximum atomic E-state index is 14.1. The lowest BCUT2D eigenvalue weighted by molar-refractivity contribution is -0.128. The number of hydrogen-bond acceptors (Lipinski definition) is 6. The normalized spacial score (nSPS) is 19.2. The number of nitrogens with zero attached hydrogens (tertiary/aromatic N) is 3. The Morgan fingerprint density at radius 1 is 1.14 bits per heavy atom. The average molecular weight is 498 g/mol. The van der Waals surface area contributed by atoms with Gasteiger partial charge in [0.2, 0.25) is 5.91 Å². The van der Waals surface area contributed by atoms with Crippen molar-refractivity contribution in [1.82, 2.24) is 25.7 Å². The molecular formula is C26H29F2N5O3. The largest absolute Gasteiger partial charge is 0.355 e. The number of aromatic nitrogens is 2. The second kappa shape index (κ2) is 10.9. The van der Waals surface area contributed by atoms with Crippen molar-refractivity contribution < 1.29 is 22.9 Å². The van der Waals surface area contributed by atoms with Crippen molar-refractivity contribution in [3.05, 3.63) is 71.7 Å². The van der Waals surface area contributed by atoms with Gasteiger partial charge in [-0.25, -0.2) is 8.78 Å². The van der Waals surface area contributed by atoms with Crippen LogP contribution in [0.4, 0.5) is 8.78 Å². The van der Waals surface area contributed by atoms with Crippen molar-refractivity contribution in [2.45, 2.75) is 45.3 Å². The quantitative estimate of drug-likeness (QED) is 0.516. The molecule has 3 aromatic rings. The van der Waals surface area contributed by atoms with E-state index < -0.39 is 29.5 Å². The van der Waals surface area contributed by atoms with Crippen LogP contribution in [0.25, 0.3) is 11.3 Å². The van der Waals surface area contributed by atoms with Crippen LogP contribution < -0.4 is 10.6 Å². The molecule has 4 rings (SSSR count). The van der Waals surface area contributed by atoms with E-state index in [-0.39, 0.29) is 35.0 Å². The minimum Gasteiger partial charge on any atom is -0.355 e. The molecule has 8 nitrogen and oxygen atoms in total. The molecule has 36 heavy (non-hydrogen) atoms. The second-order valence-electron chi connectivity index (χ2n) is 9.25. The molecule has 0 spiro atoms. The van der Waals surface area contributed by atoms with E-state index in [2.05, 4.69) is 39.5 Å². The number of benzene rings is 1. The summed E-state index contributed by atoms with van der Waals surface area (Å²) >= 11 is 0. The van der Waals surface area contributed by atoms with Crippen LogP contribution in [0, 0.1) is 17.6 Å². The molecule has 1 fully saturated rings. The first-order valence-corrected chi connectivity index (χ1v) is 11.9. The summed E-state index contributed by atoms with van der Waals surface area (Å²) in [6.45, 7) is 7.19. The summed E-state index contributed by atoms with van der Waals surface area (Å²) in [6, 6.07) is 9.37. The van der Waals surface area contributed by atoms with Gasteiger partial charge in [-0.15, -0.1) is 0 Å². The van der Waals surface area contributed by atoms with Gasteiger partial charge in [-0.1, -0.05) is 11.2 Å². The van der Waals surface area contributed by atoms with Crippen molar-refractivity contribution in [2.75, 3.05) is 13.1 Å². The number of piperidine rings is 1. The van der Waals surface area contributed by atoms with Crippen molar-refractivity contribution >= 4 is 11.8 Å². The van der Waals surface area contributed by atoms with Crippen LogP contribution in [-0.4, -0.2) is 52.0 Å². The van der Waals surface area contributed by atoms with E-state index in [0.29, 0.717) is 19.5 Å². The first-order chi connectivity index (χ1) is 17.2. The molecule has 3 atom stereocenters. The maximum absolute atomic E-state index is 14.1. The van der Waals surface area contributed by atoms with E-state index in [4.69, 9.17) is 4.52 Å². The zero-order chi connectivity index (χ0) is 25.8. The number of halogens is 2. The van der Waals surface area contributed by atoms with Gasteiger partial charge in [0.15, 0.2) is 11.5 Å². The summed E-state index contributed by atoms with van der Waals surface area (Å²) in [5.41, 5.74) is 0.682. The Labute approximate surface area is 208 Å². The fraction of sp³-hybridized carbons (Fsp3) is 0.385. The predicted molar refractivity (Wildman–Crippen MR) is 129 cm³/mol. The lowest BCUT2D eigenvalue weighted by Crippen LogP contribution is -2.57. The predicted octanol–water partition coefficient (Wildman–Crippen LogP) is 3.72. The summed E-state index contributed by atoms with van der Waals surface area (Å²) < 4.78 is 32.5. The highest BCUT2D eigenvalue weighted by Crippen LogP contribution is 2.25. The number of nitrogens with one attached hydrogen (secondary N) is 2. The summed E-state index contributed by atoms with van der Waals surface area (Å²) in [6.07, 6.45) is 2.24. The lowest BCUT2D eigenvalue weighted by Gasteiger charge is -2.40. The third-order valence-corrected chi connectivity index (χ3v) is 6.46. The Bertz CT molecular complexity index is 1220. The molecule has 2 aromatic heterocycles. The Balaban J connectivity index is 1.48. The number of carbonyl (C=O) groups excluding carboxylic acids is 2. The van der Waals surface area contributed by atoms with Gasteiger partial charge in [0.25, 0.3) is 5.91 Å². The molecule has 3 heterocycles.